The Labute approximate surface area is 186 Å². The van der Waals surface area contributed by atoms with Gasteiger partial charge in [-0.1, -0.05) is 0 Å². The van der Waals surface area contributed by atoms with Gasteiger partial charge in [-0.2, -0.15) is 4.98 Å². The van der Waals surface area contributed by atoms with Gasteiger partial charge in [-0.25, -0.2) is 0 Å². The third-order valence-corrected chi connectivity index (χ3v) is 5.69. The number of rotatable bonds is 4. The summed E-state index contributed by atoms with van der Waals surface area (Å²) in [5.74, 6) is -2.29. The first kappa shape index (κ1) is 22.6. The number of anilines is 3. The van der Waals surface area contributed by atoms with Crippen LogP contribution in [0.3, 0.4) is 0 Å². The van der Waals surface area contributed by atoms with Crippen LogP contribution in [0.25, 0.3) is 0 Å². The van der Waals surface area contributed by atoms with Gasteiger partial charge in [0.15, 0.2) is 0 Å². The molecular weight excluding hydrogens is 443 g/mol. The number of piperidine rings is 1. The lowest BCUT2D eigenvalue weighted by atomic mass is 9.92. The van der Waals surface area contributed by atoms with Gasteiger partial charge in [0, 0.05) is 24.7 Å². The molecule has 2 aliphatic rings. The number of benzene rings is 1. The number of alkyl halides is 3. The van der Waals surface area contributed by atoms with E-state index in [0.717, 1.165) is 37.9 Å². The zero-order valence-electron chi connectivity index (χ0n) is 17.7. The highest BCUT2D eigenvalue weighted by molar-refractivity contribution is 6.04. The van der Waals surface area contributed by atoms with Crippen LogP contribution in [0.1, 0.15) is 44.1 Å². The normalized spacial score (nSPS) is 20.6. The molecule has 0 unspecified atom stereocenters. The smallest absolute Gasteiger partial charge is 0.406 e. The summed E-state index contributed by atoms with van der Waals surface area (Å²) < 4.78 is 40.7. The zero-order chi connectivity index (χ0) is 23.8. The maximum absolute atomic E-state index is 12.9. The summed E-state index contributed by atoms with van der Waals surface area (Å²) >= 11 is 0. The molecule has 1 saturated heterocycles. The molecule has 0 bridgehead atoms. The number of amides is 2. The monoisotopic (exact) mass is 465 g/mol. The number of carbonyl (C=O) groups excluding carboxylic acids is 2. The average Bonchev–Trinajstić information content (AvgIpc) is 2.73. The maximum atomic E-state index is 12.9. The predicted molar refractivity (Wildman–Crippen MR) is 113 cm³/mol. The van der Waals surface area contributed by atoms with E-state index in [9.17, 15) is 27.6 Å². The molecule has 33 heavy (non-hydrogen) atoms. The minimum atomic E-state index is -4.83. The van der Waals surface area contributed by atoms with E-state index in [1.807, 2.05) is 11.8 Å². The van der Waals surface area contributed by atoms with Crippen molar-refractivity contribution in [3.63, 3.8) is 0 Å². The molecule has 2 amide bonds. The predicted octanol–water partition coefficient (Wildman–Crippen LogP) is 3.11. The molecule has 2 aromatic rings. The molecule has 1 fully saturated rings. The number of aromatic amines is 1. The topological polar surface area (TPSA) is 116 Å². The van der Waals surface area contributed by atoms with Crippen LogP contribution in [0, 0.1) is 0 Å². The second-order valence-corrected chi connectivity index (χ2v) is 8.06. The Balaban J connectivity index is 1.56. The van der Waals surface area contributed by atoms with Gasteiger partial charge in [-0.3, -0.25) is 19.4 Å². The van der Waals surface area contributed by atoms with E-state index < -0.39 is 35.4 Å². The number of halogens is 3. The standard InChI is InChI=1S/C21H22F3N5O4/c1-11-4-2-3-9-29(11)20-27-17-16(19(32)28-20)14(10-15(30)26-17)18(31)25-12-5-7-13(8-6-12)33-21(22,23)24/h5-8,11,14H,2-4,9-10H2,1H3,(H,25,31)(H2,26,27,28,30,32)/t11-,14-/m0/s1. The zero-order valence-corrected chi connectivity index (χ0v) is 17.7. The highest BCUT2D eigenvalue weighted by atomic mass is 19.4. The van der Waals surface area contributed by atoms with E-state index in [-0.39, 0.29) is 29.5 Å². The molecule has 4 rings (SSSR count). The van der Waals surface area contributed by atoms with Gasteiger partial charge < -0.3 is 20.3 Å². The molecule has 0 aliphatic carbocycles. The van der Waals surface area contributed by atoms with Crippen molar-refractivity contribution in [2.45, 2.75) is 50.9 Å². The molecule has 0 radical (unpaired) electrons. The molecule has 3 heterocycles. The van der Waals surface area contributed by atoms with E-state index in [1.54, 1.807) is 0 Å². The Bertz CT molecular complexity index is 1120. The molecule has 3 N–H and O–H groups in total. The number of nitrogens with one attached hydrogen (secondary N) is 3. The summed E-state index contributed by atoms with van der Waals surface area (Å²) in [6.07, 6.45) is -2.11. The van der Waals surface area contributed by atoms with Crippen molar-refractivity contribution in [1.82, 2.24) is 9.97 Å². The summed E-state index contributed by atoms with van der Waals surface area (Å²) in [4.78, 5) is 47.2. The van der Waals surface area contributed by atoms with Crippen molar-refractivity contribution < 1.29 is 27.5 Å². The molecule has 1 aromatic carbocycles. The van der Waals surface area contributed by atoms with Crippen molar-refractivity contribution >= 4 is 29.3 Å². The number of H-pyrrole nitrogens is 1. The quantitative estimate of drug-likeness (QED) is 0.639. The van der Waals surface area contributed by atoms with Crippen molar-refractivity contribution in [2.24, 2.45) is 0 Å². The number of fused-ring (bicyclic) bond motifs is 1. The molecule has 176 valence electrons. The Morgan fingerprint density at radius 1 is 1.21 bits per heavy atom. The van der Waals surface area contributed by atoms with Gasteiger partial charge in [0.25, 0.3) is 5.56 Å². The maximum Gasteiger partial charge on any atom is 0.573 e. The first-order chi connectivity index (χ1) is 15.6. The summed E-state index contributed by atoms with van der Waals surface area (Å²) in [5, 5.41) is 5.10. The molecule has 0 saturated carbocycles. The Kier molecular flexibility index (Phi) is 6.00. The van der Waals surface area contributed by atoms with Gasteiger partial charge >= 0.3 is 6.36 Å². The Morgan fingerprint density at radius 3 is 2.61 bits per heavy atom. The lowest BCUT2D eigenvalue weighted by Gasteiger charge is -2.34. The molecule has 9 nitrogen and oxygen atoms in total. The SMILES string of the molecule is C[C@H]1CCCCN1c1nc2c(c(=O)[nH]1)[C@@H](C(=O)Nc1ccc(OC(F)(F)F)cc1)CC(=O)N2. The van der Waals surface area contributed by atoms with Gasteiger partial charge in [0.2, 0.25) is 17.8 Å². The fourth-order valence-corrected chi connectivity index (χ4v) is 4.10. The second kappa shape index (κ2) is 8.75. The highest BCUT2D eigenvalue weighted by Gasteiger charge is 2.36. The Hall–Kier alpha value is -3.57. The van der Waals surface area contributed by atoms with E-state index in [1.165, 1.54) is 12.1 Å². The lowest BCUT2D eigenvalue weighted by Crippen LogP contribution is -2.41. The van der Waals surface area contributed by atoms with Gasteiger partial charge in [-0.05, 0) is 50.5 Å². The van der Waals surface area contributed by atoms with Crippen LogP contribution in [0.2, 0.25) is 0 Å². The molecule has 2 aliphatic heterocycles. The number of hydrogen-bond donors (Lipinski definition) is 3. The van der Waals surface area contributed by atoms with Gasteiger partial charge in [0.05, 0.1) is 11.5 Å². The van der Waals surface area contributed by atoms with Crippen LogP contribution >= 0.6 is 0 Å². The highest BCUT2D eigenvalue weighted by Crippen LogP contribution is 2.32. The third kappa shape index (κ3) is 5.10. The molecule has 12 heteroatoms. The minimum Gasteiger partial charge on any atom is -0.406 e. The van der Waals surface area contributed by atoms with Crippen LogP contribution in [0.4, 0.5) is 30.6 Å². The summed E-state index contributed by atoms with van der Waals surface area (Å²) in [6, 6.07) is 4.72. The van der Waals surface area contributed by atoms with Crippen molar-refractivity contribution in [1.29, 1.82) is 0 Å². The average molecular weight is 465 g/mol. The van der Waals surface area contributed by atoms with E-state index in [2.05, 4.69) is 25.3 Å². The number of hydrogen-bond acceptors (Lipinski definition) is 6. The number of nitrogens with zero attached hydrogens (tertiary/aromatic N) is 2. The molecular formula is C21H22F3N5O4. The molecule has 2 atom stereocenters. The van der Waals surface area contributed by atoms with Crippen LogP contribution in [-0.4, -0.2) is 40.7 Å². The largest absolute Gasteiger partial charge is 0.573 e. The summed E-state index contributed by atoms with van der Waals surface area (Å²) in [6.45, 7) is 2.74. The van der Waals surface area contributed by atoms with Crippen molar-refractivity contribution in [3.05, 3.63) is 40.2 Å². The van der Waals surface area contributed by atoms with Crippen LogP contribution in [0.5, 0.6) is 5.75 Å². The number of aromatic nitrogens is 2. The molecule has 1 aromatic heterocycles. The van der Waals surface area contributed by atoms with Crippen LogP contribution in [-0.2, 0) is 9.59 Å². The van der Waals surface area contributed by atoms with Crippen molar-refractivity contribution in [2.75, 3.05) is 22.1 Å². The fourth-order valence-electron chi connectivity index (χ4n) is 4.10. The number of carbonyl (C=O) groups is 2. The van der Waals surface area contributed by atoms with Crippen LogP contribution < -0.4 is 25.8 Å². The van der Waals surface area contributed by atoms with E-state index in [0.29, 0.717) is 5.95 Å². The second-order valence-electron chi connectivity index (χ2n) is 8.06. The van der Waals surface area contributed by atoms with Gasteiger partial charge in [-0.15, -0.1) is 13.2 Å². The Morgan fingerprint density at radius 2 is 1.94 bits per heavy atom. The fraction of sp³-hybridized carbons (Fsp3) is 0.429. The first-order valence-electron chi connectivity index (χ1n) is 10.5. The van der Waals surface area contributed by atoms with E-state index in [4.69, 9.17) is 0 Å². The van der Waals surface area contributed by atoms with Gasteiger partial charge in [0.1, 0.15) is 11.6 Å². The first-order valence-corrected chi connectivity index (χ1v) is 10.5. The lowest BCUT2D eigenvalue weighted by molar-refractivity contribution is -0.274. The summed E-state index contributed by atoms with van der Waals surface area (Å²) in [7, 11) is 0. The third-order valence-electron chi connectivity index (χ3n) is 5.69. The minimum absolute atomic E-state index is 0.0387. The van der Waals surface area contributed by atoms with Crippen molar-refractivity contribution in [3.8, 4) is 5.75 Å². The van der Waals surface area contributed by atoms with E-state index >= 15 is 0 Å². The number of ether oxygens (including phenoxy) is 1. The molecule has 0 spiro atoms. The van der Waals surface area contributed by atoms with Crippen LogP contribution in [0.15, 0.2) is 29.1 Å². The summed E-state index contributed by atoms with van der Waals surface area (Å²) in [5.41, 5.74) is -0.301.